The predicted octanol–water partition coefficient (Wildman–Crippen LogP) is 4.13. The number of nitrogens with zero attached hydrogens (tertiary/aromatic N) is 3. The van der Waals surface area contributed by atoms with Gasteiger partial charge < -0.3 is 30.0 Å². The molecule has 2 aromatic heterocycles. The van der Waals surface area contributed by atoms with Crippen molar-refractivity contribution in [1.82, 2.24) is 24.8 Å². The molecule has 0 bridgehead atoms. The highest BCUT2D eigenvalue weighted by molar-refractivity contribution is 6.23. The number of benzene rings is 3. The molecule has 0 saturated carbocycles. The second-order valence-electron chi connectivity index (χ2n) is 11.8. The number of hydrogen-bond donors (Lipinski definition) is 4. The van der Waals surface area contributed by atoms with Gasteiger partial charge in [0, 0.05) is 18.8 Å². The Morgan fingerprint density at radius 3 is 2.39 bits per heavy atom. The molecular weight excluding hydrogens is 584 g/mol. The van der Waals surface area contributed by atoms with Crippen molar-refractivity contribution in [2.75, 3.05) is 38.6 Å². The number of aromatic nitrogens is 3. The van der Waals surface area contributed by atoms with Crippen molar-refractivity contribution < 1.29 is 19.4 Å². The van der Waals surface area contributed by atoms with Crippen LogP contribution in [0.1, 0.15) is 33.6 Å². The molecule has 0 spiro atoms. The normalized spacial score (nSPS) is 16.2. The number of nitrogens with one attached hydrogen (secondary N) is 3. The summed E-state index contributed by atoms with van der Waals surface area (Å²) < 4.78 is 5.80. The summed E-state index contributed by atoms with van der Waals surface area (Å²) >= 11 is 0. The Morgan fingerprint density at radius 2 is 1.65 bits per heavy atom. The second kappa shape index (κ2) is 12.3. The number of pyridine rings is 1. The number of ether oxygens (including phenoxy) is 1. The van der Waals surface area contributed by atoms with E-state index in [1.165, 1.54) is 11.1 Å². The number of anilines is 1. The first kappa shape index (κ1) is 29.5. The van der Waals surface area contributed by atoms with E-state index in [9.17, 15) is 19.5 Å². The van der Waals surface area contributed by atoms with Gasteiger partial charge in [-0.05, 0) is 74.4 Å². The van der Waals surface area contributed by atoms with E-state index in [0.29, 0.717) is 33.6 Å². The molecule has 234 valence electrons. The third-order valence-corrected chi connectivity index (χ3v) is 8.70. The van der Waals surface area contributed by atoms with Crippen LogP contribution in [0.3, 0.4) is 0 Å². The van der Waals surface area contributed by atoms with Gasteiger partial charge in [-0.15, -0.1) is 0 Å². The van der Waals surface area contributed by atoms with E-state index < -0.39 is 6.10 Å². The van der Waals surface area contributed by atoms with Gasteiger partial charge in [0.05, 0.1) is 27.8 Å². The monoisotopic (exact) mass is 618 g/mol. The summed E-state index contributed by atoms with van der Waals surface area (Å²) in [5.41, 5.74) is 4.18. The molecule has 2 amide bonds. The van der Waals surface area contributed by atoms with Crippen LogP contribution in [0, 0.1) is 0 Å². The fourth-order valence-electron chi connectivity index (χ4n) is 6.18. The molecule has 2 aliphatic heterocycles. The van der Waals surface area contributed by atoms with Gasteiger partial charge in [-0.3, -0.25) is 19.3 Å². The quantitative estimate of drug-likeness (QED) is 0.181. The highest BCUT2D eigenvalue weighted by Crippen LogP contribution is 2.33. The highest BCUT2D eigenvalue weighted by Gasteiger charge is 2.41. The number of amides is 2. The zero-order valence-corrected chi connectivity index (χ0v) is 25.3. The lowest BCUT2D eigenvalue weighted by atomic mass is 10.0. The Morgan fingerprint density at radius 1 is 0.957 bits per heavy atom. The fraction of sp³-hybridized carbons (Fsp3) is 0.257. The third kappa shape index (κ3) is 5.66. The number of aromatic amines is 2. The smallest absolute Gasteiger partial charge is 0.261 e. The van der Waals surface area contributed by atoms with Crippen LogP contribution in [0.15, 0.2) is 83.8 Å². The topological polar surface area (TPSA) is 144 Å². The number of likely N-dealkylation sites (tertiary alicyclic amines) is 1. The van der Waals surface area contributed by atoms with Crippen LogP contribution in [-0.4, -0.2) is 87.1 Å². The Bertz CT molecular complexity index is 1910. The molecule has 5 aromatic rings. The van der Waals surface area contributed by atoms with E-state index in [-0.39, 0.29) is 48.0 Å². The van der Waals surface area contributed by atoms with Crippen LogP contribution in [0.4, 0.5) is 5.69 Å². The number of hydrogen-bond acceptors (Lipinski definition) is 8. The van der Waals surface area contributed by atoms with Crippen LogP contribution in [0.2, 0.25) is 0 Å². The van der Waals surface area contributed by atoms with Gasteiger partial charge in [0.25, 0.3) is 17.4 Å². The van der Waals surface area contributed by atoms with Gasteiger partial charge in [0.2, 0.25) is 0 Å². The summed E-state index contributed by atoms with van der Waals surface area (Å²) in [6.45, 7) is 1.82. The molecule has 1 saturated heterocycles. The maximum Gasteiger partial charge on any atom is 0.261 e. The molecule has 11 nitrogen and oxygen atoms in total. The first-order valence-corrected chi connectivity index (χ1v) is 15.4. The number of H-pyrrole nitrogens is 2. The van der Waals surface area contributed by atoms with Crippen LogP contribution < -0.4 is 15.6 Å². The van der Waals surface area contributed by atoms with Gasteiger partial charge in [-0.25, -0.2) is 4.98 Å². The van der Waals surface area contributed by atoms with Crippen molar-refractivity contribution >= 4 is 28.5 Å². The SMILES string of the molecule is CN1CCC(N2C(=O)c3cc4nc(-c5c(NCC(O)COc6ccc(-c7ccccc7)cc6)cc[nH]c5=O)[nH]c4cc3C2=O)CC1. The molecule has 0 aliphatic carbocycles. The van der Waals surface area contributed by atoms with Crippen molar-refractivity contribution in [3.05, 3.63) is 100 Å². The van der Waals surface area contributed by atoms with Gasteiger partial charge in [-0.1, -0.05) is 42.5 Å². The molecule has 1 fully saturated rings. The van der Waals surface area contributed by atoms with E-state index >= 15 is 0 Å². The number of imide groups is 1. The molecule has 1 unspecified atom stereocenters. The molecule has 4 heterocycles. The van der Waals surface area contributed by atoms with Crippen molar-refractivity contribution in [1.29, 1.82) is 0 Å². The van der Waals surface area contributed by atoms with Crippen LogP contribution in [0.5, 0.6) is 5.75 Å². The summed E-state index contributed by atoms with van der Waals surface area (Å²) in [6, 6.07) is 22.5. The third-order valence-electron chi connectivity index (χ3n) is 8.70. The first-order chi connectivity index (χ1) is 22.4. The molecule has 11 heteroatoms. The predicted molar refractivity (Wildman–Crippen MR) is 175 cm³/mol. The van der Waals surface area contributed by atoms with E-state index in [1.807, 2.05) is 61.6 Å². The number of aliphatic hydroxyl groups excluding tert-OH is 1. The molecular formula is C35H34N6O5. The molecule has 0 radical (unpaired) electrons. The summed E-state index contributed by atoms with van der Waals surface area (Å²) in [5, 5.41) is 13.8. The summed E-state index contributed by atoms with van der Waals surface area (Å²) in [5.74, 6) is 0.315. The maximum absolute atomic E-state index is 13.3. The van der Waals surface area contributed by atoms with Crippen molar-refractivity contribution in [3.8, 4) is 28.3 Å². The molecule has 3 aromatic carbocycles. The molecule has 46 heavy (non-hydrogen) atoms. The minimum atomic E-state index is -0.871. The summed E-state index contributed by atoms with van der Waals surface area (Å²) in [6.07, 6.45) is 2.14. The number of fused-ring (bicyclic) bond motifs is 2. The lowest BCUT2D eigenvalue weighted by Gasteiger charge is -2.33. The number of carbonyl (C=O) groups excluding carboxylic acids is 2. The van der Waals surface area contributed by atoms with Gasteiger partial charge in [0.1, 0.15) is 29.8 Å². The minimum absolute atomic E-state index is 0.0447. The molecule has 2 aliphatic rings. The highest BCUT2D eigenvalue weighted by atomic mass is 16.5. The van der Waals surface area contributed by atoms with Gasteiger partial charge in [-0.2, -0.15) is 0 Å². The average molecular weight is 619 g/mol. The summed E-state index contributed by atoms with van der Waals surface area (Å²) in [7, 11) is 2.03. The number of aliphatic hydroxyl groups is 1. The van der Waals surface area contributed by atoms with Crippen molar-refractivity contribution in [2.45, 2.75) is 25.0 Å². The van der Waals surface area contributed by atoms with E-state index in [4.69, 9.17) is 4.74 Å². The van der Waals surface area contributed by atoms with Crippen molar-refractivity contribution in [2.24, 2.45) is 0 Å². The van der Waals surface area contributed by atoms with Crippen LogP contribution >= 0.6 is 0 Å². The zero-order valence-electron chi connectivity index (χ0n) is 25.3. The fourth-order valence-corrected chi connectivity index (χ4v) is 6.18. The van der Waals surface area contributed by atoms with Crippen LogP contribution in [-0.2, 0) is 0 Å². The lowest BCUT2D eigenvalue weighted by molar-refractivity contribution is 0.0516. The van der Waals surface area contributed by atoms with Crippen LogP contribution in [0.25, 0.3) is 33.5 Å². The van der Waals surface area contributed by atoms with Gasteiger partial charge >= 0.3 is 0 Å². The number of imidazole rings is 1. The number of carbonyl (C=O) groups is 2. The number of piperidine rings is 1. The zero-order chi connectivity index (χ0) is 31.8. The van der Waals surface area contributed by atoms with E-state index in [2.05, 4.69) is 25.2 Å². The molecule has 1 atom stereocenters. The Labute approximate surface area is 264 Å². The van der Waals surface area contributed by atoms with Gasteiger partial charge in [0.15, 0.2) is 0 Å². The average Bonchev–Trinajstić information content (AvgIpc) is 3.59. The van der Waals surface area contributed by atoms with E-state index in [0.717, 1.165) is 37.1 Å². The summed E-state index contributed by atoms with van der Waals surface area (Å²) in [4.78, 5) is 53.7. The lowest BCUT2D eigenvalue weighted by Crippen LogP contribution is -2.46. The molecule has 4 N–H and O–H groups in total. The standard InChI is InChI=1S/C35H34N6O5/c1-40-15-12-23(13-16-40)41-34(44)26-17-29-30(18-27(26)35(41)45)39-32(38-29)31-28(11-14-36-33(31)43)37-19-24(42)20-46-25-9-7-22(8-10-25)21-5-3-2-4-6-21/h2-11,14,17-18,23-24,42H,12-13,15-16,19-20H2,1H3,(H,38,39)(H2,36,37,43). The Balaban J connectivity index is 1.04. The second-order valence-corrected chi connectivity index (χ2v) is 11.8. The Kier molecular flexibility index (Phi) is 7.85. The maximum atomic E-state index is 13.3. The first-order valence-electron chi connectivity index (χ1n) is 15.4. The Hall–Kier alpha value is -5.26. The van der Waals surface area contributed by atoms with E-state index in [1.54, 1.807) is 18.2 Å². The minimum Gasteiger partial charge on any atom is -0.491 e. The molecule has 7 rings (SSSR count). The number of rotatable bonds is 9. The van der Waals surface area contributed by atoms with Crippen molar-refractivity contribution in [3.63, 3.8) is 0 Å². The largest absolute Gasteiger partial charge is 0.491 e.